The van der Waals surface area contributed by atoms with Gasteiger partial charge in [-0.2, -0.15) is 0 Å². The highest BCUT2D eigenvalue weighted by molar-refractivity contribution is 5.72. The molecule has 0 bridgehead atoms. The summed E-state index contributed by atoms with van der Waals surface area (Å²) in [5, 5.41) is 3.47. The average Bonchev–Trinajstić information content (AvgIpc) is 2.38. The highest BCUT2D eigenvalue weighted by Crippen LogP contribution is 2.37. The lowest BCUT2D eigenvalue weighted by Gasteiger charge is -2.26. The van der Waals surface area contributed by atoms with E-state index in [9.17, 15) is 0 Å². The molecular formula is C16H26N2O2. The molecule has 1 aromatic carbocycles. The van der Waals surface area contributed by atoms with Gasteiger partial charge in [0, 0.05) is 18.7 Å². The van der Waals surface area contributed by atoms with Crippen molar-refractivity contribution in [2.24, 2.45) is 17.8 Å². The number of hydrogen-bond donors (Lipinski definition) is 2. The Labute approximate surface area is 121 Å². The molecule has 0 radical (unpaired) electrons. The van der Waals surface area contributed by atoms with Gasteiger partial charge in [-0.25, -0.2) is 0 Å². The normalized spacial score (nSPS) is 14.2. The maximum Gasteiger partial charge on any atom is 0.163 e. The Kier molecular flexibility index (Phi) is 4.63. The van der Waals surface area contributed by atoms with E-state index < -0.39 is 0 Å². The van der Waals surface area contributed by atoms with Crippen molar-refractivity contribution in [2.75, 3.05) is 30.8 Å². The third-order valence-corrected chi connectivity index (χ3v) is 3.96. The SMILES string of the molecule is CC(C)C(CNc1cc2c(cc1N)OCCO2)C(C)C. The quantitative estimate of drug-likeness (QED) is 0.811. The summed E-state index contributed by atoms with van der Waals surface area (Å²) < 4.78 is 11.1. The van der Waals surface area contributed by atoms with E-state index in [-0.39, 0.29) is 0 Å². The van der Waals surface area contributed by atoms with Gasteiger partial charge in [0.1, 0.15) is 13.2 Å². The predicted octanol–water partition coefficient (Wildman–Crippen LogP) is 3.38. The van der Waals surface area contributed by atoms with Gasteiger partial charge < -0.3 is 20.5 Å². The number of anilines is 2. The first-order chi connectivity index (χ1) is 9.49. The Balaban J connectivity index is 2.09. The number of nitrogens with one attached hydrogen (secondary N) is 1. The van der Waals surface area contributed by atoms with Gasteiger partial charge in [-0.1, -0.05) is 27.7 Å². The van der Waals surface area contributed by atoms with E-state index in [0.29, 0.717) is 36.7 Å². The van der Waals surface area contributed by atoms with E-state index in [1.54, 1.807) is 0 Å². The zero-order valence-electron chi connectivity index (χ0n) is 12.9. The van der Waals surface area contributed by atoms with Gasteiger partial charge in [0.25, 0.3) is 0 Å². The van der Waals surface area contributed by atoms with Crippen molar-refractivity contribution in [3.63, 3.8) is 0 Å². The maximum atomic E-state index is 6.09. The molecule has 1 aliphatic rings. The molecule has 0 unspecified atom stereocenters. The summed E-state index contributed by atoms with van der Waals surface area (Å²) in [5.74, 6) is 3.41. The van der Waals surface area contributed by atoms with Gasteiger partial charge >= 0.3 is 0 Å². The Morgan fingerprint density at radius 1 is 1.05 bits per heavy atom. The van der Waals surface area contributed by atoms with Gasteiger partial charge in [0.05, 0.1) is 11.4 Å². The molecule has 0 amide bonds. The molecule has 1 aliphatic heterocycles. The van der Waals surface area contributed by atoms with Crippen LogP contribution in [0.5, 0.6) is 11.5 Å². The fourth-order valence-electron chi connectivity index (χ4n) is 2.73. The number of nitrogens with two attached hydrogens (primary N) is 1. The minimum atomic E-state index is 0.585. The Hall–Kier alpha value is -1.58. The lowest BCUT2D eigenvalue weighted by Crippen LogP contribution is -2.25. The lowest BCUT2D eigenvalue weighted by atomic mass is 9.85. The zero-order chi connectivity index (χ0) is 14.7. The van der Waals surface area contributed by atoms with E-state index in [1.165, 1.54) is 0 Å². The van der Waals surface area contributed by atoms with E-state index >= 15 is 0 Å². The van der Waals surface area contributed by atoms with Gasteiger partial charge in [-0.3, -0.25) is 0 Å². The first kappa shape index (κ1) is 14.8. The molecule has 0 saturated carbocycles. The first-order valence-electron chi connectivity index (χ1n) is 7.42. The van der Waals surface area contributed by atoms with Crippen LogP contribution in [0.25, 0.3) is 0 Å². The van der Waals surface area contributed by atoms with Gasteiger partial charge in [0.15, 0.2) is 11.5 Å². The zero-order valence-corrected chi connectivity index (χ0v) is 12.9. The standard InChI is InChI=1S/C16H26N2O2/c1-10(2)12(11(3)4)9-18-14-8-16-15(7-13(14)17)19-5-6-20-16/h7-8,10-12,18H,5-6,9,17H2,1-4H3. The second kappa shape index (κ2) is 6.25. The smallest absolute Gasteiger partial charge is 0.163 e. The lowest BCUT2D eigenvalue weighted by molar-refractivity contribution is 0.172. The number of benzene rings is 1. The van der Waals surface area contributed by atoms with Crippen molar-refractivity contribution in [1.29, 1.82) is 0 Å². The van der Waals surface area contributed by atoms with Gasteiger partial charge in [0.2, 0.25) is 0 Å². The van der Waals surface area contributed by atoms with Crippen molar-refractivity contribution < 1.29 is 9.47 Å². The fourth-order valence-corrected chi connectivity index (χ4v) is 2.73. The molecule has 2 rings (SSSR count). The number of hydrogen-bond acceptors (Lipinski definition) is 4. The summed E-state index contributed by atoms with van der Waals surface area (Å²) in [5.41, 5.74) is 7.72. The Morgan fingerprint density at radius 3 is 2.15 bits per heavy atom. The predicted molar refractivity (Wildman–Crippen MR) is 83.5 cm³/mol. The van der Waals surface area contributed by atoms with Crippen LogP contribution in [-0.2, 0) is 0 Å². The van der Waals surface area contributed by atoms with Crippen LogP contribution < -0.4 is 20.5 Å². The van der Waals surface area contributed by atoms with Crippen LogP contribution in [0.3, 0.4) is 0 Å². The van der Waals surface area contributed by atoms with Crippen LogP contribution in [0, 0.1) is 17.8 Å². The topological polar surface area (TPSA) is 56.5 Å². The van der Waals surface area contributed by atoms with Crippen molar-refractivity contribution in [2.45, 2.75) is 27.7 Å². The molecular weight excluding hydrogens is 252 g/mol. The molecule has 1 heterocycles. The minimum Gasteiger partial charge on any atom is -0.486 e. The summed E-state index contributed by atoms with van der Waals surface area (Å²) >= 11 is 0. The van der Waals surface area contributed by atoms with Crippen LogP contribution >= 0.6 is 0 Å². The highest BCUT2D eigenvalue weighted by Gasteiger charge is 2.19. The summed E-state index contributed by atoms with van der Waals surface area (Å²) in [6, 6.07) is 3.79. The minimum absolute atomic E-state index is 0.585. The molecule has 20 heavy (non-hydrogen) atoms. The molecule has 0 atom stereocenters. The van der Waals surface area contributed by atoms with E-state index in [4.69, 9.17) is 15.2 Å². The summed E-state index contributed by atoms with van der Waals surface area (Å²) in [4.78, 5) is 0. The molecule has 112 valence electrons. The molecule has 4 heteroatoms. The largest absolute Gasteiger partial charge is 0.486 e. The van der Waals surface area contributed by atoms with Crippen LogP contribution in [0.1, 0.15) is 27.7 Å². The first-order valence-corrected chi connectivity index (χ1v) is 7.42. The monoisotopic (exact) mass is 278 g/mol. The van der Waals surface area contributed by atoms with Crippen LogP contribution in [0.4, 0.5) is 11.4 Å². The molecule has 0 spiro atoms. The summed E-state index contributed by atoms with van der Waals surface area (Å²) in [6.07, 6.45) is 0. The van der Waals surface area contributed by atoms with Crippen molar-refractivity contribution in [3.05, 3.63) is 12.1 Å². The molecule has 4 nitrogen and oxygen atoms in total. The van der Waals surface area contributed by atoms with Gasteiger partial charge in [-0.15, -0.1) is 0 Å². The van der Waals surface area contributed by atoms with Crippen molar-refractivity contribution in [3.8, 4) is 11.5 Å². The molecule has 0 aliphatic carbocycles. The summed E-state index contributed by atoms with van der Waals surface area (Å²) in [6.45, 7) is 11.1. The van der Waals surface area contributed by atoms with Crippen molar-refractivity contribution in [1.82, 2.24) is 0 Å². The Bertz CT molecular complexity index is 450. The second-order valence-electron chi connectivity index (χ2n) is 6.12. The maximum absolute atomic E-state index is 6.09. The second-order valence-corrected chi connectivity index (χ2v) is 6.12. The third kappa shape index (κ3) is 3.30. The van der Waals surface area contributed by atoms with Crippen molar-refractivity contribution >= 4 is 11.4 Å². The molecule has 0 aromatic heterocycles. The average molecular weight is 278 g/mol. The number of ether oxygens (including phenoxy) is 2. The van der Waals surface area contributed by atoms with E-state index in [1.807, 2.05) is 12.1 Å². The van der Waals surface area contributed by atoms with Gasteiger partial charge in [-0.05, 0) is 17.8 Å². The number of nitrogen functional groups attached to an aromatic ring is 1. The van der Waals surface area contributed by atoms with Crippen LogP contribution in [-0.4, -0.2) is 19.8 Å². The number of fused-ring (bicyclic) bond motifs is 1. The molecule has 3 N–H and O–H groups in total. The Morgan fingerprint density at radius 2 is 1.60 bits per heavy atom. The molecule has 0 fully saturated rings. The highest BCUT2D eigenvalue weighted by atomic mass is 16.6. The molecule has 1 aromatic rings. The van der Waals surface area contributed by atoms with E-state index in [0.717, 1.165) is 23.7 Å². The van der Waals surface area contributed by atoms with Crippen LogP contribution in [0.15, 0.2) is 12.1 Å². The molecule has 0 saturated heterocycles. The fraction of sp³-hybridized carbons (Fsp3) is 0.625. The number of rotatable bonds is 5. The summed E-state index contributed by atoms with van der Waals surface area (Å²) in [7, 11) is 0. The van der Waals surface area contributed by atoms with Crippen LogP contribution in [0.2, 0.25) is 0 Å². The third-order valence-electron chi connectivity index (χ3n) is 3.96. The van der Waals surface area contributed by atoms with E-state index in [2.05, 4.69) is 33.0 Å².